The van der Waals surface area contributed by atoms with Gasteiger partial charge in [0.2, 0.25) is 0 Å². The SMILES string of the molecule is C=C([N-]C(C)(C)CC(C)(C)c1ccccc1)C(C)(C)CC(C)(C)C(C)(C)C.CC.[Rb+]. The van der Waals surface area contributed by atoms with Crippen molar-refractivity contribution in [3.05, 3.63) is 53.5 Å². The molecular weight excluding hydrogens is 436 g/mol. The molecule has 0 spiro atoms. The molecule has 30 heavy (non-hydrogen) atoms. The molecule has 0 saturated heterocycles. The first-order chi connectivity index (χ1) is 12.9. The molecule has 1 rings (SSSR count). The minimum absolute atomic E-state index is 0. The molecule has 0 radical (unpaired) electrons. The van der Waals surface area contributed by atoms with Gasteiger partial charge >= 0.3 is 58.2 Å². The van der Waals surface area contributed by atoms with Crippen molar-refractivity contribution >= 4 is 0 Å². The third-order valence-corrected chi connectivity index (χ3v) is 6.56. The molecule has 168 valence electrons. The van der Waals surface area contributed by atoms with Crippen LogP contribution in [-0.4, -0.2) is 5.54 Å². The van der Waals surface area contributed by atoms with E-state index in [1.165, 1.54) is 5.56 Å². The Kier molecular flexibility index (Phi) is 13.3. The van der Waals surface area contributed by atoms with Crippen LogP contribution in [0.2, 0.25) is 0 Å². The maximum atomic E-state index is 5.16. The van der Waals surface area contributed by atoms with Crippen LogP contribution < -0.4 is 58.2 Å². The Labute approximate surface area is 239 Å². The summed E-state index contributed by atoms with van der Waals surface area (Å²) in [5.41, 5.74) is 2.74. The molecule has 0 amide bonds. The minimum Gasteiger partial charge on any atom is -0.683 e. The third-order valence-electron chi connectivity index (χ3n) is 6.56. The van der Waals surface area contributed by atoms with Gasteiger partial charge in [0.15, 0.2) is 0 Å². The van der Waals surface area contributed by atoms with Crippen LogP contribution in [0.4, 0.5) is 0 Å². The van der Waals surface area contributed by atoms with Gasteiger partial charge in [-0.3, -0.25) is 0 Å². The van der Waals surface area contributed by atoms with E-state index in [2.05, 4.69) is 113 Å². The van der Waals surface area contributed by atoms with Crippen molar-refractivity contribution in [2.75, 3.05) is 0 Å². The molecule has 0 bridgehead atoms. The number of rotatable bonds is 8. The van der Waals surface area contributed by atoms with E-state index in [9.17, 15) is 0 Å². The van der Waals surface area contributed by atoms with E-state index < -0.39 is 0 Å². The second-order valence-electron chi connectivity index (χ2n) is 12.0. The van der Waals surface area contributed by atoms with Crippen LogP contribution in [0.3, 0.4) is 0 Å². The van der Waals surface area contributed by atoms with Crippen molar-refractivity contribution in [1.82, 2.24) is 0 Å². The van der Waals surface area contributed by atoms with Gasteiger partial charge in [-0.2, -0.15) is 5.70 Å². The Morgan fingerprint density at radius 2 is 1.20 bits per heavy atom. The number of nitrogens with zero attached hydrogens (tertiary/aromatic N) is 1. The van der Waals surface area contributed by atoms with Crippen LogP contribution >= 0.6 is 0 Å². The molecule has 0 aliphatic carbocycles. The van der Waals surface area contributed by atoms with Crippen molar-refractivity contribution in [3.8, 4) is 0 Å². The Hall–Kier alpha value is 0.565. The molecule has 0 saturated carbocycles. The van der Waals surface area contributed by atoms with Gasteiger partial charge in [0.1, 0.15) is 0 Å². The summed E-state index contributed by atoms with van der Waals surface area (Å²) < 4.78 is 0. The van der Waals surface area contributed by atoms with Crippen molar-refractivity contribution in [1.29, 1.82) is 0 Å². The van der Waals surface area contributed by atoms with E-state index in [4.69, 9.17) is 5.32 Å². The van der Waals surface area contributed by atoms with Crippen LogP contribution in [0, 0.1) is 16.2 Å². The molecule has 1 aromatic rings. The van der Waals surface area contributed by atoms with Gasteiger partial charge in [-0.1, -0.05) is 127 Å². The van der Waals surface area contributed by atoms with Gasteiger partial charge in [0.05, 0.1) is 0 Å². The van der Waals surface area contributed by atoms with E-state index in [0.29, 0.717) is 0 Å². The van der Waals surface area contributed by atoms with Gasteiger partial charge in [-0.15, -0.1) is 12.1 Å². The molecule has 1 nitrogen and oxygen atoms in total. The van der Waals surface area contributed by atoms with Crippen LogP contribution in [0.1, 0.15) is 108 Å². The Bertz CT molecular complexity index is 630. The van der Waals surface area contributed by atoms with E-state index in [1.54, 1.807) is 0 Å². The van der Waals surface area contributed by atoms with Gasteiger partial charge < -0.3 is 5.32 Å². The fourth-order valence-corrected chi connectivity index (χ4v) is 4.10. The third kappa shape index (κ3) is 10.0. The van der Waals surface area contributed by atoms with E-state index in [1.807, 2.05) is 13.8 Å². The quantitative estimate of drug-likeness (QED) is 0.397. The maximum absolute atomic E-state index is 5.16. The molecule has 0 aliphatic heterocycles. The normalized spacial score (nSPS) is 13.0. The maximum Gasteiger partial charge on any atom is 1.00 e. The fraction of sp³-hybridized carbons (Fsp3) is 0.714. The van der Waals surface area contributed by atoms with Crippen molar-refractivity contribution in [2.45, 2.75) is 114 Å². The molecule has 1 aromatic carbocycles. The molecule has 0 unspecified atom stereocenters. The van der Waals surface area contributed by atoms with Crippen LogP contribution in [-0.2, 0) is 5.41 Å². The molecule has 0 heterocycles. The summed E-state index contributed by atoms with van der Waals surface area (Å²) in [5, 5.41) is 5.16. The van der Waals surface area contributed by atoms with Gasteiger partial charge in [0.25, 0.3) is 0 Å². The molecule has 0 N–H and O–H groups in total. The summed E-state index contributed by atoms with van der Waals surface area (Å²) in [6.45, 7) is 33.8. The summed E-state index contributed by atoms with van der Waals surface area (Å²) in [7, 11) is 0. The zero-order valence-electron chi connectivity index (χ0n) is 23.0. The first kappa shape index (κ1) is 32.7. The minimum atomic E-state index is -0.153. The van der Waals surface area contributed by atoms with Crippen molar-refractivity contribution in [2.24, 2.45) is 16.2 Å². The Morgan fingerprint density at radius 3 is 1.60 bits per heavy atom. The second kappa shape index (κ2) is 12.1. The summed E-state index contributed by atoms with van der Waals surface area (Å²) in [6, 6.07) is 10.8. The monoisotopic (exact) mass is 485 g/mol. The predicted octanol–water partition coefficient (Wildman–Crippen LogP) is 6.54. The molecule has 0 fully saturated rings. The van der Waals surface area contributed by atoms with Gasteiger partial charge in [-0.25, -0.2) is 0 Å². The fourth-order valence-electron chi connectivity index (χ4n) is 4.10. The molecule has 0 aliphatic rings. The predicted molar refractivity (Wildman–Crippen MR) is 134 cm³/mol. The van der Waals surface area contributed by atoms with E-state index >= 15 is 0 Å². The first-order valence-electron chi connectivity index (χ1n) is 11.4. The average molecular weight is 486 g/mol. The average Bonchev–Trinajstić information content (AvgIpc) is 2.54. The first-order valence-corrected chi connectivity index (χ1v) is 11.4. The standard InChI is InChI=1S/C26H44N.C2H6.Rb/c1-20(23(5,6)18-25(9,10)22(2,3)4)27-26(11,12)19-24(7,8)21-16-14-13-15-17-21;1-2;/h13-17H,1,18-19H2,2-12H3;1-2H3;/q-1;;+1. The summed E-state index contributed by atoms with van der Waals surface area (Å²) >= 11 is 0. The van der Waals surface area contributed by atoms with Crippen molar-refractivity contribution in [3.63, 3.8) is 0 Å². The largest absolute Gasteiger partial charge is 1.00 e. The van der Waals surface area contributed by atoms with Crippen LogP contribution in [0.5, 0.6) is 0 Å². The molecule has 2 heteroatoms. The summed E-state index contributed by atoms with van der Waals surface area (Å²) in [4.78, 5) is 0. The zero-order valence-corrected chi connectivity index (χ0v) is 27.9. The summed E-state index contributed by atoms with van der Waals surface area (Å²) in [6.07, 6.45) is 2.06. The topological polar surface area (TPSA) is 14.1 Å². The zero-order chi connectivity index (χ0) is 23.3. The number of benzene rings is 1. The smallest absolute Gasteiger partial charge is 0.683 e. The van der Waals surface area contributed by atoms with Gasteiger partial charge in [0, 0.05) is 0 Å². The summed E-state index contributed by atoms with van der Waals surface area (Å²) in [5.74, 6) is 0. The second-order valence-corrected chi connectivity index (χ2v) is 12.0. The number of allylic oxidation sites excluding steroid dienone is 1. The molecular formula is C28H50NRb. The number of hydrogen-bond donors (Lipinski definition) is 0. The van der Waals surface area contributed by atoms with Crippen LogP contribution in [0.15, 0.2) is 42.6 Å². The Morgan fingerprint density at radius 1 is 0.767 bits per heavy atom. The molecule has 0 aromatic heterocycles. The number of hydrogen-bond acceptors (Lipinski definition) is 0. The van der Waals surface area contributed by atoms with E-state index in [0.717, 1.165) is 18.5 Å². The van der Waals surface area contributed by atoms with E-state index in [-0.39, 0.29) is 85.4 Å². The Balaban J connectivity index is 0. The van der Waals surface area contributed by atoms with Crippen LogP contribution in [0.25, 0.3) is 5.32 Å². The van der Waals surface area contributed by atoms with Gasteiger partial charge in [-0.05, 0) is 33.6 Å². The molecule has 0 atom stereocenters. The van der Waals surface area contributed by atoms with Crippen molar-refractivity contribution < 1.29 is 58.2 Å².